The molecule has 2 nitrogen and oxygen atoms in total. The van der Waals surface area contributed by atoms with E-state index in [1.807, 2.05) is 19.1 Å². The Labute approximate surface area is 81.0 Å². The van der Waals surface area contributed by atoms with Gasteiger partial charge in [-0.05, 0) is 24.6 Å². The molecule has 13 heavy (non-hydrogen) atoms. The molecular weight excluding hydrogens is 162 g/mol. The molecule has 0 saturated carbocycles. The molecule has 0 amide bonds. The first kappa shape index (κ1) is 12.1. The van der Waals surface area contributed by atoms with Crippen LogP contribution in [0.15, 0.2) is 24.5 Å². The quantitative estimate of drug-likeness (QED) is 0.715. The van der Waals surface area contributed by atoms with Crippen LogP contribution in [0.1, 0.15) is 32.8 Å². The number of pyridine rings is 1. The monoisotopic (exact) mass is 181 g/mol. The van der Waals surface area contributed by atoms with Crippen molar-refractivity contribution in [3.8, 4) is 0 Å². The first-order valence-corrected chi connectivity index (χ1v) is 4.81. The van der Waals surface area contributed by atoms with Crippen LogP contribution in [-0.2, 0) is 11.3 Å². The molecule has 0 aliphatic carbocycles. The minimum absolute atomic E-state index is 0.693. The van der Waals surface area contributed by atoms with Crippen molar-refractivity contribution in [2.75, 3.05) is 6.61 Å². The van der Waals surface area contributed by atoms with Crippen LogP contribution in [0.4, 0.5) is 0 Å². The van der Waals surface area contributed by atoms with Crippen molar-refractivity contribution in [1.82, 2.24) is 4.98 Å². The molecule has 1 rings (SSSR count). The molecule has 0 N–H and O–H groups in total. The number of nitrogens with zero attached hydrogens (tertiary/aromatic N) is 1. The van der Waals surface area contributed by atoms with Gasteiger partial charge in [0.2, 0.25) is 0 Å². The lowest BCUT2D eigenvalue weighted by atomic mass is 10.3. The van der Waals surface area contributed by atoms with E-state index >= 15 is 0 Å². The molecule has 0 aliphatic rings. The van der Waals surface area contributed by atoms with Gasteiger partial charge >= 0.3 is 0 Å². The van der Waals surface area contributed by atoms with Gasteiger partial charge in [-0.1, -0.05) is 20.3 Å². The fourth-order valence-electron chi connectivity index (χ4n) is 0.699. The maximum absolute atomic E-state index is 5.19. The second-order valence-corrected chi connectivity index (χ2v) is 2.70. The third-order valence-corrected chi connectivity index (χ3v) is 1.22. The van der Waals surface area contributed by atoms with Crippen molar-refractivity contribution in [2.45, 2.75) is 33.8 Å². The highest BCUT2D eigenvalue weighted by Gasteiger charge is 1.87. The number of aromatic nitrogens is 1. The molecule has 0 saturated heterocycles. The largest absolute Gasteiger partial charge is 0.377 e. The van der Waals surface area contributed by atoms with E-state index in [0.717, 1.165) is 6.61 Å². The predicted octanol–water partition coefficient (Wildman–Crippen LogP) is 3.03. The lowest BCUT2D eigenvalue weighted by molar-refractivity contribution is 0.134. The van der Waals surface area contributed by atoms with E-state index in [0.29, 0.717) is 6.61 Å². The summed E-state index contributed by atoms with van der Waals surface area (Å²) in [6, 6.07) is 3.91. The van der Waals surface area contributed by atoms with Crippen LogP contribution in [0.3, 0.4) is 0 Å². The smallest absolute Gasteiger partial charge is 0.0717 e. The molecule has 0 spiro atoms. The highest BCUT2D eigenvalue weighted by molar-refractivity contribution is 5.07. The SMILES string of the molecule is CCC.CCOCc1ccncc1. The van der Waals surface area contributed by atoms with E-state index in [1.165, 1.54) is 12.0 Å². The summed E-state index contributed by atoms with van der Waals surface area (Å²) in [6.45, 7) is 7.70. The van der Waals surface area contributed by atoms with E-state index in [1.54, 1.807) is 12.4 Å². The maximum atomic E-state index is 5.19. The molecule has 0 fully saturated rings. The Kier molecular flexibility index (Phi) is 8.57. The van der Waals surface area contributed by atoms with Crippen molar-refractivity contribution in [3.63, 3.8) is 0 Å². The number of hydrogen-bond donors (Lipinski definition) is 0. The Balaban J connectivity index is 0.000000424. The first-order valence-electron chi connectivity index (χ1n) is 4.81. The van der Waals surface area contributed by atoms with Crippen LogP contribution < -0.4 is 0 Å². The zero-order valence-corrected chi connectivity index (χ0v) is 8.79. The Morgan fingerprint density at radius 2 is 1.69 bits per heavy atom. The number of hydrogen-bond acceptors (Lipinski definition) is 2. The van der Waals surface area contributed by atoms with Gasteiger partial charge in [-0.15, -0.1) is 0 Å². The van der Waals surface area contributed by atoms with Crippen LogP contribution in [-0.4, -0.2) is 11.6 Å². The molecule has 0 aliphatic heterocycles. The van der Waals surface area contributed by atoms with Crippen molar-refractivity contribution in [3.05, 3.63) is 30.1 Å². The molecule has 1 aromatic rings. The predicted molar refractivity (Wildman–Crippen MR) is 55.5 cm³/mol. The summed E-state index contributed by atoms with van der Waals surface area (Å²) in [5, 5.41) is 0. The van der Waals surface area contributed by atoms with Gasteiger partial charge in [0.25, 0.3) is 0 Å². The van der Waals surface area contributed by atoms with Gasteiger partial charge in [0.15, 0.2) is 0 Å². The summed E-state index contributed by atoms with van der Waals surface area (Å²) >= 11 is 0. The summed E-state index contributed by atoms with van der Waals surface area (Å²) < 4.78 is 5.19. The summed E-state index contributed by atoms with van der Waals surface area (Å²) in [4.78, 5) is 3.90. The van der Waals surface area contributed by atoms with Crippen LogP contribution in [0.5, 0.6) is 0 Å². The summed E-state index contributed by atoms with van der Waals surface area (Å²) in [5.74, 6) is 0. The van der Waals surface area contributed by atoms with Gasteiger partial charge in [0.1, 0.15) is 0 Å². The molecule has 0 aromatic carbocycles. The molecule has 1 aromatic heterocycles. The Hall–Kier alpha value is -0.890. The van der Waals surface area contributed by atoms with Crippen molar-refractivity contribution in [1.29, 1.82) is 0 Å². The summed E-state index contributed by atoms with van der Waals surface area (Å²) in [5.41, 5.74) is 1.18. The highest BCUT2D eigenvalue weighted by Crippen LogP contribution is 1.97. The van der Waals surface area contributed by atoms with E-state index in [4.69, 9.17) is 4.74 Å². The maximum Gasteiger partial charge on any atom is 0.0717 e. The van der Waals surface area contributed by atoms with Gasteiger partial charge in [-0.2, -0.15) is 0 Å². The van der Waals surface area contributed by atoms with Crippen LogP contribution in [0.2, 0.25) is 0 Å². The zero-order valence-electron chi connectivity index (χ0n) is 8.79. The number of ether oxygens (including phenoxy) is 1. The Morgan fingerprint density at radius 3 is 2.15 bits per heavy atom. The minimum atomic E-state index is 0.693. The van der Waals surface area contributed by atoms with Gasteiger partial charge in [-0.3, -0.25) is 4.98 Å². The van der Waals surface area contributed by atoms with E-state index in [9.17, 15) is 0 Å². The second kappa shape index (κ2) is 9.20. The topological polar surface area (TPSA) is 22.1 Å². The minimum Gasteiger partial charge on any atom is -0.377 e. The lowest BCUT2D eigenvalue weighted by Crippen LogP contribution is -1.90. The molecule has 0 unspecified atom stereocenters. The average molecular weight is 181 g/mol. The van der Waals surface area contributed by atoms with E-state index < -0.39 is 0 Å². The van der Waals surface area contributed by atoms with Gasteiger partial charge in [-0.25, -0.2) is 0 Å². The fourth-order valence-corrected chi connectivity index (χ4v) is 0.699. The van der Waals surface area contributed by atoms with Crippen molar-refractivity contribution >= 4 is 0 Å². The van der Waals surface area contributed by atoms with E-state index in [-0.39, 0.29) is 0 Å². The first-order chi connectivity index (χ1) is 6.35. The highest BCUT2D eigenvalue weighted by atomic mass is 16.5. The van der Waals surface area contributed by atoms with Crippen LogP contribution in [0, 0.1) is 0 Å². The Bertz CT molecular complexity index is 187. The molecular formula is C11H19NO. The van der Waals surface area contributed by atoms with Gasteiger partial charge in [0.05, 0.1) is 6.61 Å². The normalized spacial score (nSPS) is 8.85. The summed E-state index contributed by atoms with van der Waals surface area (Å²) in [7, 11) is 0. The molecule has 74 valence electrons. The molecule has 0 bridgehead atoms. The van der Waals surface area contributed by atoms with Gasteiger partial charge in [0, 0.05) is 19.0 Å². The van der Waals surface area contributed by atoms with Gasteiger partial charge < -0.3 is 4.74 Å². The third-order valence-electron chi connectivity index (χ3n) is 1.22. The standard InChI is InChI=1S/C8H11NO.C3H8/c1-2-10-7-8-3-5-9-6-4-8;1-3-2/h3-6H,2,7H2,1H3;3H2,1-2H3. The molecule has 1 heterocycles. The van der Waals surface area contributed by atoms with Crippen LogP contribution in [0.25, 0.3) is 0 Å². The lowest BCUT2D eigenvalue weighted by Gasteiger charge is -1.98. The molecule has 2 heteroatoms. The van der Waals surface area contributed by atoms with E-state index in [2.05, 4.69) is 18.8 Å². The summed E-state index contributed by atoms with van der Waals surface area (Å²) in [6.07, 6.45) is 4.79. The van der Waals surface area contributed by atoms with Crippen molar-refractivity contribution < 1.29 is 4.74 Å². The number of rotatable bonds is 3. The van der Waals surface area contributed by atoms with Crippen molar-refractivity contribution in [2.24, 2.45) is 0 Å². The molecule has 0 atom stereocenters. The molecule has 0 radical (unpaired) electrons. The van der Waals surface area contributed by atoms with Crippen LogP contribution >= 0.6 is 0 Å². The second-order valence-electron chi connectivity index (χ2n) is 2.70. The Morgan fingerprint density at radius 1 is 1.15 bits per heavy atom. The fraction of sp³-hybridized carbons (Fsp3) is 0.545. The zero-order chi connectivity index (χ0) is 9.94. The third kappa shape index (κ3) is 7.47. The average Bonchev–Trinajstić information content (AvgIpc) is 2.18.